The second kappa shape index (κ2) is 6.94. The van der Waals surface area contributed by atoms with Gasteiger partial charge in [0.1, 0.15) is 0 Å². The Bertz CT molecular complexity index is 508. The summed E-state index contributed by atoms with van der Waals surface area (Å²) in [7, 11) is 2.46. The molecule has 0 radical (unpaired) electrons. The van der Waals surface area contributed by atoms with Gasteiger partial charge in [0, 0.05) is 12.1 Å². The summed E-state index contributed by atoms with van der Waals surface area (Å²) in [4.78, 5) is 23.2. The number of methoxy groups -OCH3 is 2. The molecule has 0 spiro atoms. The van der Waals surface area contributed by atoms with Crippen LogP contribution in [0.3, 0.4) is 0 Å². The van der Waals surface area contributed by atoms with Gasteiger partial charge in [0.2, 0.25) is 0 Å². The van der Waals surface area contributed by atoms with E-state index in [0.717, 1.165) is 12.0 Å². The average molecular weight is 282 g/mol. The van der Waals surface area contributed by atoms with E-state index in [1.807, 2.05) is 19.1 Å². The molecule has 0 aliphatic carbocycles. The van der Waals surface area contributed by atoms with E-state index in [1.54, 1.807) is 12.4 Å². The fourth-order valence-electron chi connectivity index (χ4n) is 1.46. The molecule has 0 aromatic carbocycles. The van der Waals surface area contributed by atoms with Crippen LogP contribution in [0.5, 0.6) is 0 Å². The fourth-order valence-corrected chi connectivity index (χ4v) is 1.75. The second-order valence-electron chi connectivity index (χ2n) is 3.65. The number of carbonyl (C=O) groups is 2. The third-order valence-corrected chi connectivity index (χ3v) is 2.94. The van der Waals surface area contributed by atoms with Crippen molar-refractivity contribution in [3.05, 3.63) is 35.0 Å². The van der Waals surface area contributed by atoms with Crippen LogP contribution in [0.15, 0.2) is 29.4 Å². The molecule has 0 bridgehead atoms. The molecule has 102 valence electrons. The van der Waals surface area contributed by atoms with Crippen LogP contribution < -0.4 is 4.57 Å². The number of aryl methyl sites for hydroxylation is 1. The monoisotopic (exact) mass is 282 g/mol. The molecule has 0 unspecified atom stereocenters. The van der Waals surface area contributed by atoms with Crippen molar-refractivity contribution in [2.45, 2.75) is 13.3 Å². The first-order valence-electron chi connectivity index (χ1n) is 5.65. The summed E-state index contributed by atoms with van der Waals surface area (Å²) in [5.41, 5.74) is 1.12. The minimum Gasteiger partial charge on any atom is -0.465 e. The van der Waals surface area contributed by atoms with Gasteiger partial charge >= 0.3 is 17.6 Å². The molecule has 1 aromatic rings. The number of ether oxygens (including phenoxy) is 2. The Morgan fingerprint density at radius 1 is 1.16 bits per heavy atom. The molecule has 0 atom stereocenters. The lowest BCUT2D eigenvalue weighted by Gasteiger charge is -2.04. The Hall–Kier alpha value is -1.82. The van der Waals surface area contributed by atoms with E-state index in [2.05, 4.69) is 22.1 Å². The van der Waals surface area contributed by atoms with Crippen molar-refractivity contribution in [1.82, 2.24) is 0 Å². The largest absolute Gasteiger partial charge is 0.465 e. The minimum absolute atomic E-state index is 0.0142. The molecule has 19 heavy (non-hydrogen) atoms. The highest BCUT2D eigenvalue weighted by Crippen LogP contribution is 2.12. The predicted molar refractivity (Wildman–Crippen MR) is 72.2 cm³/mol. The first-order valence-corrected chi connectivity index (χ1v) is 6.10. The van der Waals surface area contributed by atoms with E-state index in [9.17, 15) is 9.59 Å². The lowest BCUT2D eigenvalue weighted by Crippen LogP contribution is -2.38. The fraction of sp³-hybridized carbons (Fsp3) is 0.308. The number of hydrogen-bond donors (Lipinski definition) is 1. The standard InChI is InChI=1S/C13H15NO4S/c1-4-9-5-7-14(8-6-9)10(12(15)17-2)11(19)13(16)18-3/h5-8H,4H2,1-3H3/p+1. The van der Waals surface area contributed by atoms with Crippen molar-refractivity contribution in [3.63, 3.8) is 0 Å². The van der Waals surface area contributed by atoms with Gasteiger partial charge in [0.05, 0.1) is 14.2 Å². The number of rotatable bonds is 4. The molecule has 1 rings (SSSR count). The number of esters is 2. The van der Waals surface area contributed by atoms with Gasteiger partial charge in [-0.05, 0) is 12.0 Å². The van der Waals surface area contributed by atoms with Crippen molar-refractivity contribution in [2.75, 3.05) is 14.2 Å². The quantitative estimate of drug-likeness (QED) is 0.387. The van der Waals surface area contributed by atoms with Crippen LogP contribution in [0, 0.1) is 0 Å². The van der Waals surface area contributed by atoms with Crippen molar-refractivity contribution in [1.29, 1.82) is 0 Å². The second-order valence-corrected chi connectivity index (χ2v) is 4.09. The third-order valence-electron chi connectivity index (χ3n) is 2.55. The van der Waals surface area contributed by atoms with Gasteiger partial charge < -0.3 is 9.47 Å². The molecule has 0 aliphatic heterocycles. The van der Waals surface area contributed by atoms with Crippen molar-refractivity contribution >= 4 is 30.3 Å². The van der Waals surface area contributed by atoms with Gasteiger partial charge in [-0.2, -0.15) is 4.57 Å². The third kappa shape index (κ3) is 3.57. The molecule has 0 fully saturated rings. The summed E-state index contributed by atoms with van der Waals surface area (Å²) in [6.45, 7) is 2.02. The van der Waals surface area contributed by atoms with Crippen LogP contribution in [-0.4, -0.2) is 26.2 Å². The van der Waals surface area contributed by atoms with Crippen LogP contribution in [0.1, 0.15) is 12.5 Å². The van der Waals surface area contributed by atoms with Gasteiger partial charge in [-0.3, -0.25) is 0 Å². The summed E-state index contributed by atoms with van der Waals surface area (Å²) >= 11 is 4.04. The molecule has 6 heteroatoms. The van der Waals surface area contributed by atoms with Crippen LogP contribution in [0.4, 0.5) is 0 Å². The number of hydrogen-bond acceptors (Lipinski definition) is 5. The number of thiol groups is 1. The Morgan fingerprint density at radius 3 is 2.11 bits per heavy atom. The zero-order valence-electron chi connectivity index (χ0n) is 11.0. The van der Waals surface area contributed by atoms with Gasteiger partial charge in [0.25, 0.3) is 0 Å². The predicted octanol–water partition coefficient (Wildman–Crippen LogP) is 0.981. The van der Waals surface area contributed by atoms with E-state index in [1.165, 1.54) is 18.8 Å². The zero-order valence-corrected chi connectivity index (χ0v) is 11.9. The molecule has 1 heterocycles. The van der Waals surface area contributed by atoms with Gasteiger partial charge in [0.15, 0.2) is 17.3 Å². The first-order chi connectivity index (χ1) is 9.04. The molecule has 5 nitrogen and oxygen atoms in total. The molecule has 0 saturated carbocycles. The van der Waals surface area contributed by atoms with Gasteiger partial charge in [-0.25, -0.2) is 9.59 Å². The maximum absolute atomic E-state index is 11.8. The number of nitrogens with zero attached hydrogens (tertiary/aromatic N) is 1. The highest BCUT2D eigenvalue weighted by molar-refractivity contribution is 7.85. The summed E-state index contributed by atoms with van der Waals surface area (Å²) in [6.07, 6.45) is 4.22. The Morgan fingerprint density at radius 2 is 1.68 bits per heavy atom. The van der Waals surface area contributed by atoms with E-state index < -0.39 is 11.9 Å². The molecule has 0 N–H and O–H groups in total. The maximum Gasteiger partial charge on any atom is 0.405 e. The molecule has 0 aliphatic rings. The summed E-state index contributed by atoms with van der Waals surface area (Å²) in [6, 6.07) is 3.70. The van der Waals surface area contributed by atoms with E-state index in [4.69, 9.17) is 0 Å². The number of aromatic nitrogens is 1. The van der Waals surface area contributed by atoms with Gasteiger partial charge in [-0.1, -0.05) is 6.92 Å². The van der Waals surface area contributed by atoms with Crippen LogP contribution in [-0.2, 0) is 25.5 Å². The van der Waals surface area contributed by atoms with Crippen molar-refractivity contribution < 1.29 is 23.6 Å². The maximum atomic E-state index is 11.8. The highest BCUT2D eigenvalue weighted by atomic mass is 32.1. The number of pyridine rings is 1. The minimum atomic E-state index is -0.698. The Labute approximate surface area is 117 Å². The van der Waals surface area contributed by atoms with Gasteiger partial charge in [-0.15, -0.1) is 12.6 Å². The molecular weight excluding hydrogens is 266 g/mol. The van der Waals surface area contributed by atoms with Crippen molar-refractivity contribution in [2.24, 2.45) is 0 Å². The topological polar surface area (TPSA) is 56.5 Å². The molecule has 1 aromatic heterocycles. The lowest BCUT2D eigenvalue weighted by atomic mass is 10.2. The van der Waals surface area contributed by atoms with E-state index in [-0.39, 0.29) is 10.6 Å². The zero-order chi connectivity index (χ0) is 14.4. The number of carbonyl (C=O) groups excluding carboxylic acids is 2. The summed E-state index contributed by atoms with van der Waals surface area (Å²) in [5, 5.41) is 0. The molecular formula is C13H16NO4S+. The lowest BCUT2D eigenvalue weighted by molar-refractivity contribution is -0.578. The average Bonchev–Trinajstić information content (AvgIpc) is 2.46. The highest BCUT2D eigenvalue weighted by Gasteiger charge is 2.29. The van der Waals surface area contributed by atoms with Crippen LogP contribution in [0.25, 0.3) is 5.70 Å². The first kappa shape index (κ1) is 15.2. The van der Waals surface area contributed by atoms with Crippen molar-refractivity contribution in [3.8, 4) is 0 Å². The Balaban J connectivity index is 3.31. The SMILES string of the molecule is CCc1cc[n+](/C(C(=O)OC)=C(\S)C(=O)OC)cc1. The molecule has 0 amide bonds. The Kier molecular flexibility index (Phi) is 5.57. The van der Waals surface area contributed by atoms with E-state index >= 15 is 0 Å². The normalized spacial score (nSPS) is 11.6. The van der Waals surface area contributed by atoms with E-state index in [0.29, 0.717) is 0 Å². The summed E-state index contributed by atoms with van der Waals surface area (Å²) in [5.74, 6) is -1.36. The molecule has 0 saturated heterocycles. The van der Waals surface area contributed by atoms with Crippen LogP contribution >= 0.6 is 12.6 Å². The van der Waals surface area contributed by atoms with Crippen LogP contribution in [0.2, 0.25) is 0 Å². The smallest absolute Gasteiger partial charge is 0.405 e. The summed E-state index contributed by atoms with van der Waals surface area (Å²) < 4.78 is 10.7.